The number of benzene rings is 1. The summed E-state index contributed by atoms with van der Waals surface area (Å²) >= 11 is 0. The molecule has 5 nitrogen and oxygen atoms in total. The van der Waals surface area contributed by atoms with Gasteiger partial charge in [-0.2, -0.15) is 5.10 Å². The summed E-state index contributed by atoms with van der Waals surface area (Å²) in [5.74, 6) is 0.318. The molecule has 0 radical (unpaired) electrons. The monoisotopic (exact) mass is 228 g/mol. The predicted molar refractivity (Wildman–Crippen MR) is 65.4 cm³/mol. The normalized spacial score (nSPS) is 11.2. The summed E-state index contributed by atoms with van der Waals surface area (Å²) in [5.41, 5.74) is 9.33. The third-order valence-corrected chi connectivity index (χ3v) is 2.86. The Hall–Kier alpha value is -2.30. The number of hydrogen-bond acceptors (Lipinski definition) is 4. The fraction of sp³-hybridized carbons (Fsp3) is 0.167. The van der Waals surface area contributed by atoms with Crippen molar-refractivity contribution in [2.75, 3.05) is 5.73 Å². The predicted octanol–water partition coefficient (Wildman–Crippen LogP) is 2.12. The standard InChI is InChI=1S/C12H12N4O/c1-7-12-8(9-6-11(13)17-15-9)4-3-5-10(12)16(2)14-7/h3-6H,13H2,1-2H3. The van der Waals surface area contributed by atoms with Crippen molar-refractivity contribution in [1.29, 1.82) is 0 Å². The highest BCUT2D eigenvalue weighted by molar-refractivity contribution is 5.96. The Balaban J connectivity index is 2.37. The van der Waals surface area contributed by atoms with Crippen LogP contribution in [0.3, 0.4) is 0 Å². The van der Waals surface area contributed by atoms with Crippen LogP contribution in [0.2, 0.25) is 0 Å². The third-order valence-electron chi connectivity index (χ3n) is 2.86. The molecule has 0 atom stereocenters. The summed E-state index contributed by atoms with van der Waals surface area (Å²) in [4.78, 5) is 0. The summed E-state index contributed by atoms with van der Waals surface area (Å²) in [7, 11) is 1.93. The fourth-order valence-electron chi connectivity index (χ4n) is 2.15. The first-order valence-corrected chi connectivity index (χ1v) is 5.31. The Morgan fingerprint density at radius 1 is 1.35 bits per heavy atom. The second-order valence-electron chi connectivity index (χ2n) is 4.02. The van der Waals surface area contributed by atoms with Crippen molar-refractivity contribution in [2.45, 2.75) is 6.92 Å². The minimum Gasteiger partial charge on any atom is -0.368 e. The first-order chi connectivity index (χ1) is 8.16. The molecule has 0 saturated carbocycles. The van der Waals surface area contributed by atoms with E-state index in [1.807, 2.05) is 36.9 Å². The number of aryl methyl sites for hydroxylation is 2. The average Bonchev–Trinajstić information content (AvgIpc) is 2.85. The lowest BCUT2D eigenvalue weighted by Crippen LogP contribution is -1.88. The number of fused-ring (bicyclic) bond motifs is 1. The van der Waals surface area contributed by atoms with E-state index in [1.54, 1.807) is 6.07 Å². The van der Waals surface area contributed by atoms with Gasteiger partial charge in [-0.1, -0.05) is 17.3 Å². The minimum atomic E-state index is 0.318. The Bertz CT molecular complexity index is 696. The van der Waals surface area contributed by atoms with E-state index in [1.165, 1.54) is 0 Å². The van der Waals surface area contributed by atoms with E-state index in [2.05, 4.69) is 10.3 Å². The number of aromatic nitrogens is 3. The maximum absolute atomic E-state index is 5.55. The minimum absolute atomic E-state index is 0.318. The molecule has 0 amide bonds. The van der Waals surface area contributed by atoms with Gasteiger partial charge in [-0.3, -0.25) is 4.68 Å². The van der Waals surface area contributed by atoms with Crippen molar-refractivity contribution in [1.82, 2.24) is 14.9 Å². The summed E-state index contributed by atoms with van der Waals surface area (Å²) in [6.07, 6.45) is 0. The molecule has 0 unspecified atom stereocenters. The molecule has 2 N–H and O–H groups in total. The highest BCUT2D eigenvalue weighted by Crippen LogP contribution is 2.30. The van der Waals surface area contributed by atoms with Crippen LogP contribution in [0.5, 0.6) is 0 Å². The van der Waals surface area contributed by atoms with Crippen molar-refractivity contribution < 1.29 is 4.52 Å². The summed E-state index contributed by atoms with van der Waals surface area (Å²) in [6.45, 7) is 1.98. The molecular weight excluding hydrogens is 216 g/mol. The Labute approximate surface area is 97.8 Å². The highest BCUT2D eigenvalue weighted by Gasteiger charge is 2.13. The smallest absolute Gasteiger partial charge is 0.222 e. The third kappa shape index (κ3) is 1.39. The molecule has 17 heavy (non-hydrogen) atoms. The lowest BCUT2D eigenvalue weighted by atomic mass is 10.1. The molecule has 3 aromatic rings. The highest BCUT2D eigenvalue weighted by atomic mass is 16.5. The zero-order chi connectivity index (χ0) is 12.0. The molecule has 2 aromatic heterocycles. The molecule has 86 valence electrons. The van der Waals surface area contributed by atoms with Crippen molar-refractivity contribution in [3.63, 3.8) is 0 Å². The molecular formula is C12H12N4O. The molecule has 0 fully saturated rings. The van der Waals surface area contributed by atoms with E-state index in [0.29, 0.717) is 5.88 Å². The molecule has 5 heteroatoms. The van der Waals surface area contributed by atoms with Crippen molar-refractivity contribution in [3.8, 4) is 11.3 Å². The lowest BCUT2D eigenvalue weighted by Gasteiger charge is -1.99. The summed E-state index contributed by atoms with van der Waals surface area (Å²) in [6, 6.07) is 7.72. The number of nitrogens with zero attached hydrogens (tertiary/aromatic N) is 3. The summed E-state index contributed by atoms with van der Waals surface area (Å²) < 4.78 is 6.77. The molecule has 0 aliphatic heterocycles. The van der Waals surface area contributed by atoms with Crippen LogP contribution < -0.4 is 5.73 Å². The maximum Gasteiger partial charge on any atom is 0.222 e. The van der Waals surface area contributed by atoms with Gasteiger partial charge in [-0.25, -0.2) is 0 Å². The fourth-order valence-corrected chi connectivity index (χ4v) is 2.15. The Morgan fingerprint density at radius 2 is 2.18 bits per heavy atom. The Morgan fingerprint density at radius 3 is 2.88 bits per heavy atom. The van der Waals surface area contributed by atoms with Crippen LogP contribution in [-0.4, -0.2) is 14.9 Å². The van der Waals surface area contributed by atoms with E-state index in [-0.39, 0.29) is 0 Å². The van der Waals surface area contributed by atoms with Crippen molar-refractivity contribution >= 4 is 16.8 Å². The van der Waals surface area contributed by atoms with Crippen molar-refractivity contribution in [3.05, 3.63) is 30.0 Å². The molecule has 1 aromatic carbocycles. The molecule has 0 aliphatic rings. The lowest BCUT2D eigenvalue weighted by molar-refractivity contribution is 0.439. The maximum atomic E-state index is 5.55. The van der Waals surface area contributed by atoms with Gasteiger partial charge in [0.05, 0.1) is 11.2 Å². The first kappa shape index (κ1) is 9.89. The van der Waals surface area contributed by atoms with Gasteiger partial charge in [-0.15, -0.1) is 0 Å². The van der Waals surface area contributed by atoms with Crippen LogP contribution >= 0.6 is 0 Å². The van der Waals surface area contributed by atoms with E-state index in [9.17, 15) is 0 Å². The van der Waals surface area contributed by atoms with E-state index in [4.69, 9.17) is 10.3 Å². The average molecular weight is 228 g/mol. The quantitative estimate of drug-likeness (QED) is 0.692. The topological polar surface area (TPSA) is 69.9 Å². The molecule has 2 heterocycles. The second-order valence-corrected chi connectivity index (χ2v) is 4.02. The molecule has 0 aliphatic carbocycles. The molecule has 3 rings (SSSR count). The van der Waals surface area contributed by atoms with Gasteiger partial charge in [0.25, 0.3) is 0 Å². The van der Waals surface area contributed by atoms with Crippen LogP contribution in [0.25, 0.3) is 22.2 Å². The van der Waals surface area contributed by atoms with Gasteiger partial charge in [-0.05, 0) is 13.0 Å². The van der Waals surface area contributed by atoms with Crippen LogP contribution in [0.4, 0.5) is 5.88 Å². The van der Waals surface area contributed by atoms with Crippen LogP contribution in [0.1, 0.15) is 5.69 Å². The van der Waals surface area contributed by atoms with Crippen LogP contribution in [0, 0.1) is 6.92 Å². The molecule has 0 spiro atoms. The van der Waals surface area contributed by atoms with Crippen LogP contribution in [-0.2, 0) is 7.05 Å². The van der Waals surface area contributed by atoms with E-state index in [0.717, 1.165) is 27.9 Å². The van der Waals surface area contributed by atoms with Gasteiger partial charge in [0.1, 0.15) is 5.69 Å². The number of hydrogen-bond donors (Lipinski definition) is 1. The zero-order valence-electron chi connectivity index (χ0n) is 9.64. The first-order valence-electron chi connectivity index (χ1n) is 5.31. The van der Waals surface area contributed by atoms with Gasteiger partial charge >= 0.3 is 0 Å². The molecule has 0 saturated heterocycles. The number of rotatable bonds is 1. The van der Waals surface area contributed by atoms with E-state index < -0.39 is 0 Å². The zero-order valence-corrected chi connectivity index (χ0v) is 9.64. The number of nitrogens with two attached hydrogens (primary N) is 1. The van der Waals surface area contributed by atoms with Gasteiger partial charge in [0.2, 0.25) is 5.88 Å². The van der Waals surface area contributed by atoms with Crippen LogP contribution in [0.15, 0.2) is 28.8 Å². The number of nitrogen functional groups attached to an aromatic ring is 1. The second kappa shape index (κ2) is 3.35. The number of anilines is 1. The van der Waals surface area contributed by atoms with Gasteiger partial charge < -0.3 is 10.3 Å². The van der Waals surface area contributed by atoms with Gasteiger partial charge in [0, 0.05) is 24.1 Å². The van der Waals surface area contributed by atoms with Gasteiger partial charge in [0.15, 0.2) is 0 Å². The molecule has 0 bridgehead atoms. The Kier molecular flexibility index (Phi) is 1.95. The van der Waals surface area contributed by atoms with Crippen molar-refractivity contribution in [2.24, 2.45) is 7.05 Å². The summed E-state index contributed by atoms with van der Waals surface area (Å²) in [5, 5.41) is 9.45. The SMILES string of the molecule is Cc1nn(C)c2cccc(-c3cc(N)on3)c12. The van der Waals surface area contributed by atoms with E-state index >= 15 is 0 Å². The largest absolute Gasteiger partial charge is 0.368 e.